The normalized spacial score (nSPS) is 9.32. The van der Waals surface area contributed by atoms with Gasteiger partial charge in [0.25, 0.3) is 0 Å². The number of pyridine rings is 1. The van der Waals surface area contributed by atoms with Crippen molar-refractivity contribution in [2.75, 3.05) is 5.73 Å². The van der Waals surface area contributed by atoms with Gasteiger partial charge in [-0.2, -0.15) is 5.26 Å². The van der Waals surface area contributed by atoms with E-state index in [1.165, 1.54) is 0 Å². The lowest BCUT2D eigenvalue weighted by Gasteiger charge is -2.02. The lowest BCUT2D eigenvalue weighted by Crippen LogP contribution is -2.01. The molecule has 0 aliphatic heterocycles. The Morgan fingerprint density at radius 1 is 1.11 bits per heavy atom. The number of benzene rings is 1. The molecule has 0 bridgehead atoms. The topological polar surface area (TPSA) is 62.7 Å². The van der Waals surface area contributed by atoms with Crippen LogP contribution in [0.4, 0.5) is 14.5 Å². The highest BCUT2D eigenvalue weighted by atomic mass is 19.1. The van der Waals surface area contributed by atoms with Gasteiger partial charge in [-0.15, -0.1) is 0 Å². The summed E-state index contributed by atoms with van der Waals surface area (Å²) in [5, 5.41) is 8.71. The molecule has 92 valence electrons. The molecule has 5 heteroatoms. The number of nitrogens with zero attached hydrogens (tertiary/aromatic N) is 2. The summed E-state index contributed by atoms with van der Waals surface area (Å²) in [6, 6.07) is 7.71. The van der Waals surface area contributed by atoms with Gasteiger partial charge in [0, 0.05) is 6.20 Å². The molecule has 2 aromatic rings. The molecule has 0 fully saturated rings. The lowest BCUT2D eigenvalue weighted by molar-refractivity contribution is 0.587. The van der Waals surface area contributed by atoms with Crippen LogP contribution in [0.3, 0.4) is 0 Å². The van der Waals surface area contributed by atoms with Crippen molar-refractivity contribution in [1.82, 2.24) is 4.98 Å². The van der Waals surface area contributed by atoms with Crippen LogP contribution in [0.1, 0.15) is 16.8 Å². The van der Waals surface area contributed by atoms with Gasteiger partial charge in [-0.1, -0.05) is 12.0 Å². The molecule has 0 saturated carbocycles. The smallest absolute Gasteiger partial charge is 0.166 e. The molecular formula is C14H7F2N3. The second-order valence-electron chi connectivity index (χ2n) is 3.59. The van der Waals surface area contributed by atoms with Crippen LogP contribution in [0.25, 0.3) is 0 Å². The summed E-state index contributed by atoms with van der Waals surface area (Å²) in [4.78, 5) is 3.94. The van der Waals surface area contributed by atoms with Gasteiger partial charge >= 0.3 is 0 Å². The molecule has 19 heavy (non-hydrogen) atoms. The Morgan fingerprint density at radius 3 is 2.47 bits per heavy atom. The summed E-state index contributed by atoms with van der Waals surface area (Å²) in [5.41, 5.74) is 4.49. The Kier molecular flexibility index (Phi) is 3.40. The number of halogens is 2. The average Bonchev–Trinajstić information content (AvgIpc) is 2.45. The van der Waals surface area contributed by atoms with E-state index < -0.39 is 17.3 Å². The summed E-state index contributed by atoms with van der Waals surface area (Å²) in [5.74, 6) is 3.06. The fourth-order valence-corrected chi connectivity index (χ4v) is 1.40. The van der Waals surface area contributed by atoms with Crippen molar-refractivity contribution in [2.24, 2.45) is 0 Å². The molecule has 0 amide bonds. The predicted molar refractivity (Wildman–Crippen MR) is 65.7 cm³/mol. The molecule has 1 aromatic carbocycles. The van der Waals surface area contributed by atoms with Crippen LogP contribution >= 0.6 is 0 Å². The monoisotopic (exact) mass is 255 g/mol. The van der Waals surface area contributed by atoms with Crippen LogP contribution in [0.15, 0.2) is 30.5 Å². The van der Waals surface area contributed by atoms with Crippen LogP contribution in [0, 0.1) is 34.8 Å². The van der Waals surface area contributed by atoms with Gasteiger partial charge < -0.3 is 5.73 Å². The average molecular weight is 255 g/mol. The molecular weight excluding hydrogens is 248 g/mol. The van der Waals surface area contributed by atoms with Crippen LogP contribution in [-0.4, -0.2) is 4.98 Å². The Labute approximate surface area is 108 Å². The van der Waals surface area contributed by atoms with Crippen LogP contribution in [0.5, 0.6) is 0 Å². The highest BCUT2D eigenvalue weighted by molar-refractivity contribution is 5.57. The largest absolute Gasteiger partial charge is 0.394 e. The van der Waals surface area contributed by atoms with E-state index in [0.29, 0.717) is 5.69 Å². The van der Waals surface area contributed by atoms with E-state index in [1.54, 1.807) is 30.5 Å². The van der Waals surface area contributed by atoms with Crippen molar-refractivity contribution >= 4 is 5.69 Å². The quantitative estimate of drug-likeness (QED) is 0.580. The Morgan fingerprint density at radius 2 is 1.84 bits per heavy atom. The molecule has 0 radical (unpaired) electrons. The third kappa shape index (κ3) is 2.51. The first-order valence-corrected chi connectivity index (χ1v) is 5.24. The summed E-state index contributed by atoms with van der Waals surface area (Å²) in [6.45, 7) is 0. The van der Waals surface area contributed by atoms with Crippen molar-refractivity contribution in [2.45, 2.75) is 0 Å². The predicted octanol–water partition coefficient (Wildman–Crippen LogP) is 2.21. The molecule has 0 unspecified atom stereocenters. The number of hydrogen-bond acceptors (Lipinski definition) is 3. The maximum Gasteiger partial charge on any atom is 0.166 e. The minimum absolute atomic E-state index is 0.138. The molecule has 0 aliphatic rings. The molecule has 0 atom stereocenters. The Bertz CT molecular complexity index is 722. The van der Waals surface area contributed by atoms with E-state index in [1.807, 2.05) is 0 Å². The van der Waals surface area contributed by atoms with Crippen molar-refractivity contribution < 1.29 is 8.78 Å². The van der Waals surface area contributed by atoms with Crippen LogP contribution in [0.2, 0.25) is 0 Å². The van der Waals surface area contributed by atoms with Gasteiger partial charge in [-0.3, -0.25) is 0 Å². The number of rotatable bonds is 0. The maximum absolute atomic E-state index is 13.7. The van der Waals surface area contributed by atoms with E-state index in [9.17, 15) is 8.78 Å². The van der Waals surface area contributed by atoms with Crippen LogP contribution < -0.4 is 5.73 Å². The molecule has 1 heterocycles. The molecule has 1 aromatic heterocycles. The first-order chi connectivity index (χ1) is 9.13. The SMILES string of the molecule is N#Cc1cc(C#Cc2ccccn2)c(F)c(N)c1F. The zero-order valence-electron chi connectivity index (χ0n) is 9.61. The highest BCUT2D eigenvalue weighted by Gasteiger charge is 2.14. The van der Waals surface area contributed by atoms with E-state index >= 15 is 0 Å². The van der Waals surface area contributed by atoms with Crippen molar-refractivity contribution in [3.05, 3.63) is 58.9 Å². The van der Waals surface area contributed by atoms with Gasteiger partial charge in [0.15, 0.2) is 11.6 Å². The summed E-state index contributed by atoms with van der Waals surface area (Å²) in [7, 11) is 0. The minimum atomic E-state index is -1.07. The number of nitriles is 1. The van der Waals surface area contributed by atoms with Gasteiger partial charge in [0.2, 0.25) is 0 Å². The van der Waals surface area contributed by atoms with Crippen molar-refractivity contribution in [1.29, 1.82) is 5.26 Å². The fourth-order valence-electron chi connectivity index (χ4n) is 1.40. The standard InChI is InChI=1S/C14H7F2N3/c15-12-9(4-5-11-3-1-2-6-19-11)7-10(8-17)13(16)14(12)18/h1-3,6-7H,18H2. The van der Waals surface area contributed by atoms with E-state index in [-0.39, 0.29) is 11.1 Å². The van der Waals surface area contributed by atoms with E-state index in [0.717, 1.165) is 6.07 Å². The first kappa shape index (κ1) is 12.5. The number of nitrogen functional groups attached to an aromatic ring is 1. The number of hydrogen-bond donors (Lipinski definition) is 1. The molecule has 0 aliphatic carbocycles. The molecule has 0 spiro atoms. The van der Waals surface area contributed by atoms with Gasteiger partial charge in [0.05, 0.1) is 11.1 Å². The van der Waals surface area contributed by atoms with Gasteiger partial charge in [-0.25, -0.2) is 13.8 Å². The Balaban J connectivity index is 2.51. The number of aromatic nitrogens is 1. The van der Waals surface area contributed by atoms with Gasteiger partial charge in [0.1, 0.15) is 17.5 Å². The summed E-state index contributed by atoms with van der Waals surface area (Å²) in [6.07, 6.45) is 1.54. The third-order valence-corrected chi connectivity index (χ3v) is 2.35. The first-order valence-electron chi connectivity index (χ1n) is 5.24. The Hall–Kier alpha value is -2.92. The third-order valence-electron chi connectivity index (χ3n) is 2.35. The second kappa shape index (κ2) is 5.16. The van der Waals surface area contributed by atoms with Crippen LogP contribution in [-0.2, 0) is 0 Å². The lowest BCUT2D eigenvalue weighted by atomic mass is 10.1. The minimum Gasteiger partial charge on any atom is -0.394 e. The fraction of sp³-hybridized carbons (Fsp3) is 0. The van der Waals surface area contributed by atoms with Gasteiger partial charge in [-0.05, 0) is 24.1 Å². The molecule has 0 saturated heterocycles. The second-order valence-corrected chi connectivity index (χ2v) is 3.59. The highest BCUT2D eigenvalue weighted by Crippen LogP contribution is 2.22. The zero-order valence-corrected chi connectivity index (χ0v) is 9.61. The number of anilines is 1. The number of nitrogens with two attached hydrogens (primary N) is 1. The molecule has 2 rings (SSSR count). The van der Waals surface area contributed by atoms with Crippen molar-refractivity contribution in [3.63, 3.8) is 0 Å². The zero-order chi connectivity index (χ0) is 13.8. The summed E-state index contributed by atoms with van der Waals surface area (Å²) >= 11 is 0. The van der Waals surface area contributed by atoms with E-state index in [2.05, 4.69) is 16.8 Å². The maximum atomic E-state index is 13.7. The summed E-state index contributed by atoms with van der Waals surface area (Å²) < 4.78 is 27.0. The van der Waals surface area contributed by atoms with E-state index in [4.69, 9.17) is 11.0 Å². The molecule has 3 nitrogen and oxygen atoms in total. The molecule has 2 N–H and O–H groups in total. The van der Waals surface area contributed by atoms with Crippen molar-refractivity contribution in [3.8, 4) is 17.9 Å².